The summed E-state index contributed by atoms with van der Waals surface area (Å²) in [5.74, 6) is -0.902. The maximum absolute atomic E-state index is 13.1. The molecule has 1 amide bonds. The second-order valence-electron chi connectivity index (χ2n) is 8.71. The van der Waals surface area contributed by atoms with E-state index in [0.29, 0.717) is 31.0 Å². The first-order chi connectivity index (χ1) is 14.4. The molecule has 1 aliphatic rings. The van der Waals surface area contributed by atoms with Crippen LogP contribution >= 0.6 is 0 Å². The molecule has 0 unspecified atom stereocenters. The number of benzene rings is 1. The molecule has 1 atom stereocenters. The van der Waals surface area contributed by atoms with Crippen molar-refractivity contribution in [1.82, 2.24) is 9.36 Å². The molecule has 2 heterocycles. The quantitative estimate of drug-likeness (QED) is 0.682. The van der Waals surface area contributed by atoms with Gasteiger partial charge < -0.3 is 4.74 Å². The minimum atomic E-state index is -4.64. The Morgan fingerprint density at radius 1 is 1.26 bits per heavy atom. The molecular weight excluding hydrogens is 411 g/mol. The third kappa shape index (κ3) is 4.98. The fraction of sp³-hybridized carbons (Fsp3) is 0.500. The van der Waals surface area contributed by atoms with Gasteiger partial charge >= 0.3 is 6.18 Å². The van der Waals surface area contributed by atoms with Gasteiger partial charge in [-0.2, -0.15) is 18.2 Å². The van der Waals surface area contributed by atoms with E-state index < -0.39 is 17.6 Å². The van der Waals surface area contributed by atoms with Gasteiger partial charge in [0.1, 0.15) is 0 Å². The topological polar surface area (TPSA) is 65.6 Å². The Hall–Kier alpha value is -2.68. The third-order valence-electron chi connectivity index (χ3n) is 5.36. The number of hydrogen-bond acceptors (Lipinski definition) is 3. The molecule has 1 saturated heterocycles. The average Bonchev–Trinajstić information content (AvgIpc) is 3.30. The molecule has 0 radical (unpaired) electrons. The molecule has 1 fully saturated rings. The van der Waals surface area contributed by atoms with Crippen LogP contribution in [0, 0.1) is 0 Å². The van der Waals surface area contributed by atoms with E-state index >= 15 is 0 Å². The number of carbonyl (C=O) groups excluding carboxylic acids is 2. The van der Waals surface area contributed by atoms with E-state index in [0.717, 1.165) is 30.7 Å². The van der Waals surface area contributed by atoms with Crippen molar-refractivity contribution in [2.45, 2.75) is 57.9 Å². The smallest absolute Gasteiger partial charge is 0.376 e. The van der Waals surface area contributed by atoms with E-state index in [1.54, 1.807) is 10.7 Å². The molecule has 31 heavy (non-hydrogen) atoms. The van der Waals surface area contributed by atoms with Gasteiger partial charge in [-0.15, -0.1) is 0 Å². The molecule has 0 spiro atoms. The number of carbonyl (C=O) groups is 2. The van der Waals surface area contributed by atoms with Gasteiger partial charge in [-0.1, -0.05) is 26.8 Å². The van der Waals surface area contributed by atoms with Crippen molar-refractivity contribution >= 4 is 12.2 Å². The molecule has 1 aromatic heterocycles. The van der Waals surface area contributed by atoms with Gasteiger partial charge in [0.2, 0.25) is 0 Å². The average molecular weight is 437 g/mol. The highest BCUT2D eigenvalue weighted by molar-refractivity contribution is 6.02. The molecule has 168 valence electrons. The number of rotatable bonds is 4. The van der Waals surface area contributed by atoms with Gasteiger partial charge in [0, 0.05) is 36.4 Å². The van der Waals surface area contributed by atoms with Crippen molar-refractivity contribution in [2.24, 2.45) is 12.0 Å². The molecule has 3 rings (SSSR count). The van der Waals surface area contributed by atoms with Crippen LogP contribution < -0.4 is 5.49 Å². The summed E-state index contributed by atoms with van der Waals surface area (Å²) in [7, 11) is 1.85. The lowest BCUT2D eigenvalue weighted by atomic mass is 9.92. The summed E-state index contributed by atoms with van der Waals surface area (Å²) in [6.45, 7) is 7.17. The largest absolute Gasteiger partial charge is 0.416 e. The standard InChI is InChI=1S/C22H26F3N3O3/c1-21(2,3)18-11-19(28(27(18)4)12-16-6-5-9-31-16)26-20(30)17-10-15(22(23,24)25)8-7-14(17)13-29/h7-8,10-11,13,16H,5-6,9,12H2,1-4H3/t16-/m1/s1. The minimum absolute atomic E-state index is 0.0328. The minimum Gasteiger partial charge on any atom is -0.376 e. The number of ether oxygens (including phenoxy) is 1. The van der Waals surface area contributed by atoms with Crippen LogP contribution in [0.4, 0.5) is 13.2 Å². The van der Waals surface area contributed by atoms with Crippen LogP contribution in [0.5, 0.6) is 0 Å². The fourth-order valence-corrected chi connectivity index (χ4v) is 3.75. The molecule has 0 bridgehead atoms. The van der Waals surface area contributed by atoms with Crippen molar-refractivity contribution in [3.63, 3.8) is 0 Å². The summed E-state index contributed by atoms with van der Waals surface area (Å²) in [6, 6.07) is 4.19. The molecule has 2 aromatic rings. The summed E-state index contributed by atoms with van der Waals surface area (Å²) >= 11 is 0. The summed E-state index contributed by atoms with van der Waals surface area (Å²) in [6.07, 6.45) is -2.49. The number of hydrogen-bond donors (Lipinski definition) is 0. The number of nitrogens with zero attached hydrogens (tertiary/aromatic N) is 3. The molecule has 1 aliphatic heterocycles. The summed E-state index contributed by atoms with van der Waals surface area (Å²) < 4.78 is 48.8. The predicted molar refractivity (Wildman–Crippen MR) is 108 cm³/mol. The van der Waals surface area contributed by atoms with E-state index in [1.807, 2.05) is 32.5 Å². The molecule has 0 aliphatic carbocycles. The molecule has 0 saturated carbocycles. The first-order valence-electron chi connectivity index (χ1n) is 10.1. The van der Waals surface area contributed by atoms with Crippen LogP contribution in [-0.2, 0) is 29.9 Å². The zero-order valence-corrected chi connectivity index (χ0v) is 18.0. The third-order valence-corrected chi connectivity index (χ3v) is 5.36. The van der Waals surface area contributed by atoms with Crippen molar-refractivity contribution in [3.05, 3.63) is 52.1 Å². The number of alkyl halides is 3. The predicted octanol–water partition coefficient (Wildman–Crippen LogP) is 3.88. The van der Waals surface area contributed by atoms with Gasteiger partial charge in [0.15, 0.2) is 11.8 Å². The van der Waals surface area contributed by atoms with Crippen LogP contribution in [0.15, 0.2) is 29.3 Å². The van der Waals surface area contributed by atoms with Gasteiger partial charge in [-0.05, 0) is 25.0 Å². The first-order valence-corrected chi connectivity index (χ1v) is 10.1. The summed E-state index contributed by atoms with van der Waals surface area (Å²) in [5.41, 5.74) is -0.575. The molecule has 0 N–H and O–H groups in total. The molecular formula is C22H26F3N3O3. The first kappa shape index (κ1) is 23.0. The summed E-state index contributed by atoms with van der Waals surface area (Å²) in [4.78, 5) is 28.3. The zero-order valence-electron chi connectivity index (χ0n) is 18.0. The number of halogens is 3. The van der Waals surface area contributed by atoms with Crippen LogP contribution in [0.2, 0.25) is 0 Å². The van der Waals surface area contributed by atoms with Crippen molar-refractivity contribution < 1.29 is 27.5 Å². The van der Waals surface area contributed by atoms with E-state index in [4.69, 9.17) is 4.74 Å². The van der Waals surface area contributed by atoms with Crippen molar-refractivity contribution in [3.8, 4) is 0 Å². The highest BCUT2D eigenvalue weighted by atomic mass is 19.4. The van der Waals surface area contributed by atoms with Gasteiger partial charge in [-0.25, -0.2) is 0 Å². The Morgan fingerprint density at radius 2 is 1.97 bits per heavy atom. The zero-order chi connectivity index (χ0) is 23.0. The Labute approximate surface area is 178 Å². The van der Waals surface area contributed by atoms with Gasteiger partial charge in [0.05, 0.1) is 23.8 Å². The highest BCUT2D eigenvalue weighted by Gasteiger charge is 2.32. The molecule has 6 nitrogen and oxygen atoms in total. The normalized spacial score (nSPS) is 17.9. The maximum Gasteiger partial charge on any atom is 0.416 e. The lowest BCUT2D eigenvalue weighted by molar-refractivity contribution is -0.137. The van der Waals surface area contributed by atoms with Crippen molar-refractivity contribution in [2.75, 3.05) is 6.61 Å². The second kappa shape index (κ2) is 8.45. The van der Waals surface area contributed by atoms with E-state index in [2.05, 4.69) is 4.99 Å². The van der Waals surface area contributed by atoms with Gasteiger partial charge in [-0.3, -0.25) is 19.0 Å². The Balaban J connectivity index is 2.12. The van der Waals surface area contributed by atoms with Crippen LogP contribution in [0.3, 0.4) is 0 Å². The molecule has 1 aromatic carbocycles. The fourth-order valence-electron chi connectivity index (χ4n) is 3.75. The van der Waals surface area contributed by atoms with E-state index in [1.165, 1.54) is 0 Å². The van der Waals surface area contributed by atoms with Crippen LogP contribution in [0.25, 0.3) is 0 Å². The van der Waals surface area contributed by atoms with Crippen LogP contribution in [0.1, 0.15) is 65.6 Å². The Morgan fingerprint density at radius 3 is 2.52 bits per heavy atom. The van der Waals surface area contributed by atoms with E-state index in [-0.39, 0.29) is 22.6 Å². The van der Waals surface area contributed by atoms with Gasteiger partial charge in [0.25, 0.3) is 5.91 Å². The second-order valence-corrected chi connectivity index (χ2v) is 8.71. The Bertz CT molecular complexity index is 1050. The Kier molecular flexibility index (Phi) is 6.27. The number of aldehydes is 1. The van der Waals surface area contributed by atoms with E-state index in [9.17, 15) is 22.8 Å². The van der Waals surface area contributed by atoms with Crippen molar-refractivity contribution in [1.29, 1.82) is 0 Å². The maximum atomic E-state index is 13.1. The van der Waals surface area contributed by atoms with Crippen LogP contribution in [-0.4, -0.2) is 34.3 Å². The monoisotopic (exact) mass is 437 g/mol. The molecule has 9 heteroatoms. The number of aromatic nitrogens is 2. The highest BCUT2D eigenvalue weighted by Crippen LogP contribution is 2.30. The number of amides is 1. The lowest BCUT2D eigenvalue weighted by Gasteiger charge is -2.21. The summed E-state index contributed by atoms with van der Waals surface area (Å²) in [5, 5.41) is 0. The SMILES string of the molecule is Cn1c(C(C)(C)C)cc(=NC(=O)c2cc(C(F)(F)F)ccc2C=O)n1C[C@H]1CCCO1. The lowest BCUT2D eigenvalue weighted by Crippen LogP contribution is -2.30.